The number of ether oxygens (including phenoxy) is 1. The molecule has 1 aromatic carbocycles. The van der Waals surface area contributed by atoms with Crippen molar-refractivity contribution in [3.05, 3.63) is 49.5 Å². The van der Waals surface area contributed by atoms with Gasteiger partial charge in [-0.25, -0.2) is 4.98 Å². The van der Waals surface area contributed by atoms with Crippen molar-refractivity contribution < 1.29 is 14.5 Å². The highest BCUT2D eigenvalue weighted by atomic mass is 32.1. The first-order valence-corrected chi connectivity index (χ1v) is 8.37. The molecule has 1 aromatic heterocycles. The normalized spacial score (nSPS) is 10.5. The Labute approximate surface area is 143 Å². The molecule has 128 valence electrons. The molecule has 0 aliphatic rings. The molecule has 0 aliphatic carbocycles. The zero-order valence-corrected chi connectivity index (χ0v) is 14.6. The molecule has 1 heterocycles. The van der Waals surface area contributed by atoms with Crippen LogP contribution < -0.4 is 10.1 Å². The Hall–Kier alpha value is -2.48. The summed E-state index contributed by atoms with van der Waals surface area (Å²) in [5.41, 5.74) is 0.650. The predicted octanol–water partition coefficient (Wildman–Crippen LogP) is 3.04. The van der Waals surface area contributed by atoms with E-state index >= 15 is 0 Å². The smallest absolute Gasteiger partial charge is 0.285 e. The van der Waals surface area contributed by atoms with Crippen LogP contribution in [0.2, 0.25) is 0 Å². The Morgan fingerprint density at radius 2 is 2.17 bits per heavy atom. The van der Waals surface area contributed by atoms with Gasteiger partial charge in [-0.2, -0.15) is 0 Å². The second-order valence-electron chi connectivity index (χ2n) is 5.09. The molecule has 0 bridgehead atoms. The molecule has 0 fully saturated rings. The molecule has 24 heavy (non-hydrogen) atoms. The van der Waals surface area contributed by atoms with Gasteiger partial charge in [0.05, 0.1) is 22.2 Å². The maximum atomic E-state index is 12.4. The van der Waals surface area contributed by atoms with E-state index in [-0.39, 0.29) is 17.0 Å². The molecule has 0 unspecified atom stereocenters. The fourth-order valence-corrected chi connectivity index (χ4v) is 3.30. The van der Waals surface area contributed by atoms with Gasteiger partial charge in [-0.05, 0) is 26.8 Å². The fraction of sp³-hybridized carbons (Fsp3) is 0.375. The highest BCUT2D eigenvalue weighted by molar-refractivity contribution is 7.11. The van der Waals surface area contributed by atoms with Crippen LogP contribution in [0.5, 0.6) is 5.75 Å². The Morgan fingerprint density at radius 3 is 2.75 bits per heavy atom. The summed E-state index contributed by atoms with van der Waals surface area (Å²) in [6, 6.07) is 4.36. The number of nitrogens with one attached hydrogen (secondary N) is 1. The van der Waals surface area contributed by atoms with E-state index in [9.17, 15) is 14.9 Å². The van der Waals surface area contributed by atoms with Crippen molar-refractivity contribution in [1.29, 1.82) is 0 Å². The van der Waals surface area contributed by atoms with Crippen molar-refractivity contribution in [2.75, 3.05) is 13.2 Å². The third-order valence-electron chi connectivity index (χ3n) is 3.37. The molecule has 1 N–H and O–H groups in total. The monoisotopic (exact) mass is 349 g/mol. The quantitative estimate of drug-likeness (QED) is 0.612. The van der Waals surface area contributed by atoms with Crippen molar-refractivity contribution >= 4 is 22.9 Å². The molecule has 1 amide bonds. The van der Waals surface area contributed by atoms with Crippen LogP contribution in [0.1, 0.15) is 32.9 Å². The van der Waals surface area contributed by atoms with E-state index in [0.717, 1.165) is 15.6 Å². The molecule has 0 saturated carbocycles. The van der Waals surface area contributed by atoms with Gasteiger partial charge in [-0.15, -0.1) is 11.3 Å². The number of carbonyl (C=O) groups excluding carboxylic acids is 1. The van der Waals surface area contributed by atoms with Crippen LogP contribution in [0.4, 0.5) is 5.69 Å². The van der Waals surface area contributed by atoms with Gasteiger partial charge >= 0.3 is 0 Å². The number of rotatable bonds is 7. The van der Waals surface area contributed by atoms with Crippen molar-refractivity contribution in [3.63, 3.8) is 0 Å². The summed E-state index contributed by atoms with van der Waals surface area (Å²) < 4.78 is 5.36. The number of hydrogen-bond donors (Lipinski definition) is 1. The highest BCUT2D eigenvalue weighted by Gasteiger charge is 2.24. The zero-order valence-electron chi connectivity index (χ0n) is 13.8. The van der Waals surface area contributed by atoms with Gasteiger partial charge in [0, 0.05) is 23.9 Å². The van der Waals surface area contributed by atoms with Crippen LogP contribution >= 0.6 is 11.3 Å². The molecule has 2 aromatic rings. The Balaban J connectivity index is 2.13. The van der Waals surface area contributed by atoms with Gasteiger partial charge in [0.1, 0.15) is 5.75 Å². The molecule has 2 rings (SSSR count). The number of nitro benzene ring substituents is 1. The SMILES string of the molecule is CCOc1cccc([N+](=O)[O-])c1C(=O)NCCc1sc(C)nc1C. The zero-order chi connectivity index (χ0) is 17.7. The van der Waals surface area contributed by atoms with Crippen molar-refractivity contribution in [2.24, 2.45) is 0 Å². The number of hydrogen-bond acceptors (Lipinski definition) is 6. The number of amides is 1. The maximum absolute atomic E-state index is 12.4. The third-order valence-corrected chi connectivity index (χ3v) is 4.50. The molecule has 0 atom stereocenters. The van der Waals surface area contributed by atoms with Gasteiger partial charge in [-0.3, -0.25) is 14.9 Å². The van der Waals surface area contributed by atoms with Crippen LogP contribution in [-0.4, -0.2) is 29.0 Å². The van der Waals surface area contributed by atoms with Crippen molar-refractivity contribution in [1.82, 2.24) is 10.3 Å². The number of benzene rings is 1. The lowest BCUT2D eigenvalue weighted by molar-refractivity contribution is -0.385. The summed E-state index contributed by atoms with van der Waals surface area (Å²) in [6.45, 7) is 6.31. The van der Waals surface area contributed by atoms with Crippen molar-refractivity contribution in [3.8, 4) is 5.75 Å². The van der Waals surface area contributed by atoms with Crippen LogP contribution in [0, 0.1) is 24.0 Å². The Morgan fingerprint density at radius 1 is 1.42 bits per heavy atom. The van der Waals surface area contributed by atoms with E-state index < -0.39 is 10.8 Å². The van der Waals surface area contributed by atoms with Crippen molar-refractivity contribution in [2.45, 2.75) is 27.2 Å². The van der Waals surface area contributed by atoms with Crippen LogP contribution in [-0.2, 0) is 6.42 Å². The minimum Gasteiger partial charge on any atom is -0.493 e. The summed E-state index contributed by atoms with van der Waals surface area (Å²) in [6.07, 6.45) is 0.633. The number of aromatic nitrogens is 1. The molecule has 7 nitrogen and oxygen atoms in total. The molecule has 0 spiro atoms. The number of nitro groups is 1. The van der Waals surface area contributed by atoms with Crippen LogP contribution in [0.15, 0.2) is 18.2 Å². The first-order valence-electron chi connectivity index (χ1n) is 7.55. The van der Waals surface area contributed by atoms with E-state index in [4.69, 9.17) is 4.74 Å². The number of nitrogens with zero attached hydrogens (tertiary/aromatic N) is 2. The van der Waals surface area contributed by atoms with Gasteiger partial charge < -0.3 is 10.1 Å². The summed E-state index contributed by atoms with van der Waals surface area (Å²) in [4.78, 5) is 28.5. The average Bonchev–Trinajstić information content (AvgIpc) is 2.85. The largest absolute Gasteiger partial charge is 0.493 e. The first kappa shape index (κ1) is 17.9. The molecule has 0 radical (unpaired) electrons. The Bertz CT molecular complexity index is 758. The second-order valence-corrected chi connectivity index (χ2v) is 6.38. The first-order chi connectivity index (χ1) is 11.4. The lowest BCUT2D eigenvalue weighted by Gasteiger charge is -2.10. The number of aryl methyl sites for hydroxylation is 2. The summed E-state index contributed by atoms with van der Waals surface area (Å²) in [5, 5.41) is 14.9. The molecular formula is C16H19N3O4S. The summed E-state index contributed by atoms with van der Waals surface area (Å²) >= 11 is 1.59. The predicted molar refractivity (Wildman–Crippen MR) is 91.9 cm³/mol. The lowest BCUT2D eigenvalue weighted by atomic mass is 10.1. The molecule has 8 heteroatoms. The van der Waals surface area contributed by atoms with E-state index in [1.165, 1.54) is 12.1 Å². The van der Waals surface area contributed by atoms with E-state index in [1.54, 1.807) is 24.3 Å². The second kappa shape index (κ2) is 7.87. The van der Waals surface area contributed by atoms with E-state index in [2.05, 4.69) is 10.3 Å². The summed E-state index contributed by atoms with van der Waals surface area (Å²) in [7, 11) is 0. The minimum absolute atomic E-state index is 0.0402. The summed E-state index contributed by atoms with van der Waals surface area (Å²) in [5.74, 6) is -0.293. The van der Waals surface area contributed by atoms with Gasteiger partial charge in [0.2, 0.25) is 0 Å². The van der Waals surface area contributed by atoms with Gasteiger partial charge in [-0.1, -0.05) is 6.07 Å². The maximum Gasteiger partial charge on any atom is 0.285 e. The average molecular weight is 349 g/mol. The van der Waals surface area contributed by atoms with Gasteiger partial charge in [0.15, 0.2) is 5.56 Å². The third kappa shape index (κ3) is 4.08. The fourth-order valence-electron chi connectivity index (χ4n) is 2.36. The number of carbonyl (C=O) groups is 1. The number of thiazole rings is 1. The van der Waals surface area contributed by atoms with Crippen LogP contribution in [0.25, 0.3) is 0 Å². The molecule has 0 saturated heterocycles. The minimum atomic E-state index is -0.575. The van der Waals surface area contributed by atoms with Gasteiger partial charge in [0.25, 0.3) is 11.6 Å². The molecule has 0 aliphatic heterocycles. The Kier molecular flexibility index (Phi) is 5.86. The lowest BCUT2D eigenvalue weighted by Crippen LogP contribution is -2.27. The molecular weight excluding hydrogens is 330 g/mol. The van der Waals surface area contributed by atoms with E-state index in [1.807, 2.05) is 13.8 Å². The topological polar surface area (TPSA) is 94.4 Å². The van der Waals surface area contributed by atoms with E-state index in [0.29, 0.717) is 19.6 Å². The van der Waals surface area contributed by atoms with Crippen LogP contribution in [0.3, 0.4) is 0 Å². The standard InChI is InChI=1S/C16H19N3O4S/c1-4-23-13-7-5-6-12(19(21)22)15(13)16(20)17-9-8-14-10(2)18-11(3)24-14/h5-7H,4,8-9H2,1-3H3,(H,17,20). The highest BCUT2D eigenvalue weighted by Crippen LogP contribution is 2.28.